The Kier molecular flexibility index (Phi) is 7.44. The molecular formula is C33H56N2O3Si. The van der Waals surface area contributed by atoms with E-state index < -0.39 is 8.32 Å². The summed E-state index contributed by atoms with van der Waals surface area (Å²) in [6.45, 7) is 17.4. The molecule has 220 valence electrons. The van der Waals surface area contributed by atoms with Crippen molar-refractivity contribution in [1.82, 2.24) is 10.2 Å². The van der Waals surface area contributed by atoms with Crippen LogP contribution in [0.2, 0.25) is 19.6 Å². The molecule has 5 nitrogen and oxygen atoms in total. The van der Waals surface area contributed by atoms with E-state index in [1.807, 2.05) is 0 Å². The number of fused-ring (bicyclic) bond motifs is 5. The second-order valence-corrected chi connectivity index (χ2v) is 20.6. The summed E-state index contributed by atoms with van der Waals surface area (Å²) in [6.07, 6.45) is 14.5. The first kappa shape index (κ1) is 28.4. The molecular weight excluding hydrogens is 500 g/mol. The summed E-state index contributed by atoms with van der Waals surface area (Å²) in [6, 6.07) is 0. The van der Waals surface area contributed by atoms with Crippen molar-refractivity contribution in [1.29, 1.82) is 0 Å². The highest BCUT2D eigenvalue weighted by atomic mass is 28.4. The number of aliphatic hydroxyl groups excluding tert-OH is 1. The lowest BCUT2D eigenvalue weighted by atomic mass is 9.41. The van der Waals surface area contributed by atoms with E-state index in [0.717, 1.165) is 55.2 Å². The van der Waals surface area contributed by atoms with Crippen LogP contribution in [0.25, 0.3) is 0 Å². The molecule has 5 fully saturated rings. The van der Waals surface area contributed by atoms with Gasteiger partial charge in [-0.05, 0) is 136 Å². The SMILES string of the molecule is CC[C@@H]1C2C[C@H](O)CCC2(C)[C@H]2CCC3(C)C([C@H](C)CCc4nnc(C5CC5)o4)CC[C@H]3[C@@H]2[C@@H]1O[Si](C)(C)C. The Labute approximate surface area is 238 Å². The van der Waals surface area contributed by atoms with E-state index in [0.29, 0.717) is 46.5 Å². The predicted molar refractivity (Wildman–Crippen MR) is 158 cm³/mol. The molecule has 39 heavy (non-hydrogen) atoms. The van der Waals surface area contributed by atoms with E-state index in [2.05, 4.69) is 57.5 Å². The highest BCUT2D eigenvalue weighted by Crippen LogP contribution is 2.70. The quantitative estimate of drug-likeness (QED) is 0.329. The van der Waals surface area contributed by atoms with Gasteiger partial charge >= 0.3 is 0 Å². The molecule has 1 aromatic rings. The van der Waals surface area contributed by atoms with Gasteiger partial charge in [-0.2, -0.15) is 0 Å². The van der Waals surface area contributed by atoms with Gasteiger partial charge in [-0.15, -0.1) is 10.2 Å². The molecule has 5 saturated carbocycles. The summed E-state index contributed by atoms with van der Waals surface area (Å²) in [4.78, 5) is 0. The van der Waals surface area contributed by atoms with Crippen molar-refractivity contribution in [2.75, 3.05) is 0 Å². The molecule has 1 N–H and O–H groups in total. The fourth-order valence-electron chi connectivity index (χ4n) is 10.9. The van der Waals surface area contributed by atoms with Crippen LogP contribution in [-0.2, 0) is 10.8 Å². The van der Waals surface area contributed by atoms with Crippen molar-refractivity contribution in [3.8, 4) is 0 Å². The third-order valence-electron chi connectivity index (χ3n) is 12.8. The van der Waals surface area contributed by atoms with Gasteiger partial charge in [-0.25, -0.2) is 0 Å². The molecule has 11 atom stereocenters. The van der Waals surface area contributed by atoms with Crippen LogP contribution in [0.15, 0.2) is 4.42 Å². The van der Waals surface area contributed by atoms with Gasteiger partial charge in [0.15, 0.2) is 8.32 Å². The zero-order chi connectivity index (χ0) is 27.7. The van der Waals surface area contributed by atoms with Crippen LogP contribution in [0.4, 0.5) is 0 Å². The standard InChI is InChI=1S/C33H56N2O3Si/c1-8-23-27-19-22(36)15-17-33(27,4)26-16-18-32(3)24(12-13-25(32)29(26)30(23)38-39(5,6)7)20(2)9-14-28-34-35-31(37-28)21-10-11-21/h20-27,29-30,36H,8-19H2,1-7H3/t20-,22-,23-,24?,25+,26+,27?,29+,30-,32?,33?/m1/s1. The van der Waals surface area contributed by atoms with Crippen LogP contribution < -0.4 is 0 Å². The molecule has 0 spiro atoms. The monoisotopic (exact) mass is 556 g/mol. The fourth-order valence-corrected chi connectivity index (χ4v) is 12.0. The summed E-state index contributed by atoms with van der Waals surface area (Å²) in [5, 5.41) is 19.5. The second-order valence-electron chi connectivity index (χ2n) is 16.2. The Morgan fingerprint density at radius 1 is 0.974 bits per heavy atom. The molecule has 0 saturated heterocycles. The van der Waals surface area contributed by atoms with E-state index >= 15 is 0 Å². The number of nitrogens with zero attached hydrogens (tertiary/aromatic N) is 2. The van der Waals surface area contributed by atoms with Crippen molar-refractivity contribution in [2.45, 2.75) is 143 Å². The van der Waals surface area contributed by atoms with Crippen LogP contribution in [0.3, 0.4) is 0 Å². The van der Waals surface area contributed by atoms with E-state index in [-0.39, 0.29) is 6.10 Å². The Morgan fingerprint density at radius 3 is 2.38 bits per heavy atom. The largest absolute Gasteiger partial charge is 0.425 e. The van der Waals surface area contributed by atoms with Crippen molar-refractivity contribution in [2.24, 2.45) is 52.3 Å². The first-order valence-electron chi connectivity index (χ1n) is 16.6. The van der Waals surface area contributed by atoms with Gasteiger partial charge in [-0.3, -0.25) is 0 Å². The summed E-state index contributed by atoms with van der Waals surface area (Å²) in [5.41, 5.74) is 0.747. The maximum atomic E-state index is 10.8. The van der Waals surface area contributed by atoms with E-state index in [1.165, 1.54) is 51.4 Å². The fraction of sp³-hybridized carbons (Fsp3) is 0.939. The number of hydrogen-bond acceptors (Lipinski definition) is 5. The highest BCUT2D eigenvalue weighted by Gasteiger charge is 2.65. The number of hydrogen-bond donors (Lipinski definition) is 1. The van der Waals surface area contributed by atoms with Gasteiger partial charge in [0.05, 0.1) is 12.2 Å². The second kappa shape index (κ2) is 10.2. The maximum absolute atomic E-state index is 10.8. The molecule has 5 aliphatic carbocycles. The predicted octanol–water partition coefficient (Wildman–Crippen LogP) is 8.00. The average Bonchev–Trinajstić information content (AvgIpc) is 3.50. The summed E-state index contributed by atoms with van der Waals surface area (Å²) < 4.78 is 13.3. The molecule has 1 heterocycles. The first-order chi connectivity index (χ1) is 18.4. The highest BCUT2D eigenvalue weighted by molar-refractivity contribution is 6.69. The Bertz CT molecular complexity index is 1020. The molecule has 6 rings (SSSR count). The number of aliphatic hydroxyl groups is 1. The Balaban J connectivity index is 1.25. The van der Waals surface area contributed by atoms with Gasteiger partial charge in [0, 0.05) is 12.3 Å². The molecule has 0 bridgehead atoms. The van der Waals surface area contributed by atoms with Crippen LogP contribution >= 0.6 is 0 Å². The molecule has 0 aromatic carbocycles. The summed E-state index contributed by atoms with van der Waals surface area (Å²) >= 11 is 0. The van der Waals surface area contributed by atoms with Crippen molar-refractivity contribution < 1.29 is 13.9 Å². The zero-order valence-corrected chi connectivity index (χ0v) is 26.9. The number of aryl methyl sites for hydroxylation is 1. The number of aromatic nitrogens is 2. The van der Waals surface area contributed by atoms with E-state index in [4.69, 9.17) is 8.84 Å². The van der Waals surface area contributed by atoms with Crippen molar-refractivity contribution in [3.63, 3.8) is 0 Å². The lowest BCUT2D eigenvalue weighted by Crippen LogP contribution is -2.63. The minimum atomic E-state index is -1.72. The Hall–Kier alpha value is -0.723. The van der Waals surface area contributed by atoms with Gasteiger partial charge in [-0.1, -0.05) is 34.1 Å². The lowest BCUT2D eigenvalue weighted by Gasteiger charge is -2.66. The Morgan fingerprint density at radius 2 is 1.69 bits per heavy atom. The molecule has 0 aliphatic heterocycles. The third kappa shape index (κ3) is 5.00. The lowest BCUT2D eigenvalue weighted by molar-refractivity contribution is -0.198. The van der Waals surface area contributed by atoms with Crippen LogP contribution in [0.5, 0.6) is 0 Å². The summed E-state index contributed by atoms with van der Waals surface area (Å²) in [5.74, 6) is 7.05. The molecule has 4 unspecified atom stereocenters. The molecule has 1 aromatic heterocycles. The minimum Gasteiger partial charge on any atom is -0.425 e. The van der Waals surface area contributed by atoms with Crippen LogP contribution in [0, 0.1) is 52.3 Å². The van der Waals surface area contributed by atoms with E-state index in [1.54, 1.807) is 0 Å². The van der Waals surface area contributed by atoms with Gasteiger partial charge < -0.3 is 13.9 Å². The normalized spacial score (nSPS) is 44.9. The molecule has 5 aliphatic rings. The maximum Gasteiger partial charge on any atom is 0.219 e. The summed E-state index contributed by atoms with van der Waals surface area (Å²) in [7, 11) is -1.72. The van der Waals surface area contributed by atoms with Gasteiger partial charge in [0.2, 0.25) is 11.8 Å². The van der Waals surface area contributed by atoms with Crippen LogP contribution in [-0.4, -0.2) is 35.8 Å². The van der Waals surface area contributed by atoms with Gasteiger partial charge in [0.1, 0.15) is 0 Å². The smallest absolute Gasteiger partial charge is 0.219 e. The minimum absolute atomic E-state index is 0.119. The van der Waals surface area contributed by atoms with Gasteiger partial charge in [0.25, 0.3) is 0 Å². The third-order valence-corrected chi connectivity index (χ3v) is 13.8. The van der Waals surface area contributed by atoms with Crippen molar-refractivity contribution in [3.05, 3.63) is 11.8 Å². The topological polar surface area (TPSA) is 68.4 Å². The van der Waals surface area contributed by atoms with Crippen molar-refractivity contribution >= 4 is 8.32 Å². The number of rotatable bonds is 8. The molecule has 0 amide bonds. The van der Waals surface area contributed by atoms with E-state index in [9.17, 15) is 5.11 Å². The van der Waals surface area contributed by atoms with Crippen LogP contribution in [0.1, 0.15) is 116 Å². The first-order valence-corrected chi connectivity index (χ1v) is 20.0. The molecule has 0 radical (unpaired) electrons. The molecule has 6 heteroatoms. The average molecular weight is 557 g/mol. The zero-order valence-electron chi connectivity index (χ0n) is 25.9.